The maximum atomic E-state index is 11.8. The number of aliphatic hydroxyl groups is 1. The number of fused-ring (bicyclic) bond motifs is 4. The highest BCUT2D eigenvalue weighted by molar-refractivity contribution is 5.83. The SMILES string of the molecule is C=C[C@H]1C[N+]2(Cc3ccccc3)CCC1C[C@H]2[C@H](O)c1ccnc2ccc(OC)cc12. The fourth-order valence-corrected chi connectivity index (χ4v) is 6.07. The van der Waals surface area contributed by atoms with E-state index in [0.29, 0.717) is 11.8 Å². The van der Waals surface area contributed by atoms with Crippen LogP contribution in [0.15, 0.2) is 73.4 Å². The molecule has 6 rings (SSSR count). The number of rotatable bonds is 6. The molecule has 3 aromatic rings. The molecule has 0 radical (unpaired) electrons. The molecular formula is C27H31N2O2+. The fourth-order valence-electron chi connectivity index (χ4n) is 6.07. The van der Waals surface area contributed by atoms with Gasteiger partial charge in [-0.05, 0) is 35.7 Å². The molecule has 2 aromatic carbocycles. The minimum Gasteiger partial charge on any atom is -0.497 e. The minimum absolute atomic E-state index is 0.159. The first-order valence-electron chi connectivity index (χ1n) is 11.3. The number of aromatic nitrogens is 1. The Hall–Kier alpha value is -2.69. The summed E-state index contributed by atoms with van der Waals surface area (Å²) in [6, 6.07) is 18.8. The molecule has 1 aromatic heterocycles. The van der Waals surface area contributed by atoms with Crippen LogP contribution in [0.4, 0.5) is 0 Å². The van der Waals surface area contributed by atoms with E-state index in [1.54, 1.807) is 7.11 Å². The molecule has 2 bridgehead atoms. The Bertz CT molecular complexity index is 1080. The second-order valence-electron chi connectivity index (χ2n) is 9.25. The molecule has 5 atom stereocenters. The van der Waals surface area contributed by atoms with Crippen molar-refractivity contribution in [1.82, 2.24) is 4.98 Å². The van der Waals surface area contributed by atoms with Gasteiger partial charge in [0.25, 0.3) is 0 Å². The summed E-state index contributed by atoms with van der Waals surface area (Å²) in [5.74, 6) is 1.92. The zero-order valence-electron chi connectivity index (χ0n) is 18.2. The van der Waals surface area contributed by atoms with Crippen LogP contribution in [0.5, 0.6) is 5.75 Å². The zero-order chi connectivity index (χ0) is 21.4. The van der Waals surface area contributed by atoms with E-state index in [4.69, 9.17) is 4.74 Å². The minimum atomic E-state index is -0.546. The molecule has 2 unspecified atom stereocenters. The molecule has 3 saturated heterocycles. The predicted octanol–water partition coefficient (Wildman–Crippen LogP) is 4.89. The van der Waals surface area contributed by atoms with Crippen LogP contribution in [0.3, 0.4) is 0 Å². The first-order valence-corrected chi connectivity index (χ1v) is 11.3. The van der Waals surface area contributed by atoms with Crippen molar-refractivity contribution >= 4 is 10.9 Å². The Morgan fingerprint density at radius 2 is 2.06 bits per heavy atom. The molecule has 0 aliphatic carbocycles. The summed E-state index contributed by atoms with van der Waals surface area (Å²) in [5, 5.41) is 12.8. The number of hydrogen-bond acceptors (Lipinski definition) is 3. The largest absolute Gasteiger partial charge is 0.497 e. The number of hydrogen-bond donors (Lipinski definition) is 1. The van der Waals surface area contributed by atoms with Crippen molar-refractivity contribution < 1.29 is 14.3 Å². The second-order valence-corrected chi connectivity index (χ2v) is 9.25. The molecular weight excluding hydrogens is 384 g/mol. The maximum Gasteiger partial charge on any atom is 0.131 e. The molecule has 4 nitrogen and oxygen atoms in total. The van der Waals surface area contributed by atoms with Gasteiger partial charge in [0.1, 0.15) is 24.4 Å². The Labute approximate surface area is 184 Å². The van der Waals surface area contributed by atoms with Gasteiger partial charge in [0, 0.05) is 35.9 Å². The van der Waals surface area contributed by atoms with E-state index in [9.17, 15) is 5.11 Å². The Balaban J connectivity index is 1.56. The fraction of sp³-hybridized carbons (Fsp3) is 0.370. The maximum absolute atomic E-state index is 11.8. The van der Waals surface area contributed by atoms with Crippen molar-refractivity contribution in [2.45, 2.75) is 31.5 Å². The second kappa shape index (κ2) is 8.10. The van der Waals surface area contributed by atoms with Crippen LogP contribution in [0.2, 0.25) is 0 Å². The van der Waals surface area contributed by atoms with Gasteiger partial charge in [-0.3, -0.25) is 4.98 Å². The Morgan fingerprint density at radius 1 is 1.23 bits per heavy atom. The first kappa shape index (κ1) is 20.2. The lowest BCUT2D eigenvalue weighted by Crippen LogP contribution is -2.67. The van der Waals surface area contributed by atoms with E-state index in [1.165, 1.54) is 12.0 Å². The smallest absolute Gasteiger partial charge is 0.131 e. The highest BCUT2D eigenvalue weighted by Crippen LogP contribution is 2.48. The topological polar surface area (TPSA) is 42.4 Å². The number of quaternary nitrogens is 1. The van der Waals surface area contributed by atoms with Crippen molar-refractivity contribution in [3.8, 4) is 5.75 Å². The Morgan fingerprint density at radius 3 is 2.84 bits per heavy atom. The van der Waals surface area contributed by atoms with Gasteiger partial charge in [-0.15, -0.1) is 6.58 Å². The van der Waals surface area contributed by atoms with Crippen molar-refractivity contribution in [3.05, 3.63) is 84.6 Å². The van der Waals surface area contributed by atoms with E-state index in [2.05, 4.69) is 48.0 Å². The molecule has 31 heavy (non-hydrogen) atoms. The van der Waals surface area contributed by atoms with Crippen LogP contribution in [0.1, 0.15) is 30.1 Å². The summed E-state index contributed by atoms with van der Waals surface area (Å²) in [4.78, 5) is 4.52. The van der Waals surface area contributed by atoms with E-state index < -0.39 is 6.10 Å². The van der Waals surface area contributed by atoms with Crippen LogP contribution < -0.4 is 4.74 Å². The highest BCUT2D eigenvalue weighted by Gasteiger charge is 2.53. The van der Waals surface area contributed by atoms with Crippen LogP contribution in [0, 0.1) is 11.8 Å². The van der Waals surface area contributed by atoms with Crippen molar-refractivity contribution in [2.75, 3.05) is 20.2 Å². The number of methoxy groups -OCH3 is 1. The number of ether oxygens (including phenoxy) is 1. The number of benzene rings is 2. The van der Waals surface area contributed by atoms with Gasteiger partial charge in [-0.2, -0.15) is 0 Å². The first-order chi connectivity index (χ1) is 15.1. The van der Waals surface area contributed by atoms with Crippen molar-refractivity contribution in [2.24, 2.45) is 11.8 Å². The van der Waals surface area contributed by atoms with Gasteiger partial charge in [-0.25, -0.2) is 0 Å². The van der Waals surface area contributed by atoms with E-state index in [1.807, 2.05) is 30.5 Å². The summed E-state index contributed by atoms with van der Waals surface area (Å²) in [6.45, 7) is 7.25. The summed E-state index contributed by atoms with van der Waals surface area (Å²) in [5.41, 5.74) is 3.19. The van der Waals surface area contributed by atoms with Gasteiger partial charge < -0.3 is 14.3 Å². The lowest BCUT2D eigenvalue weighted by molar-refractivity contribution is -0.984. The third kappa shape index (κ3) is 3.54. The number of aliphatic hydroxyl groups excluding tert-OH is 1. The molecule has 4 heteroatoms. The lowest BCUT2D eigenvalue weighted by atomic mass is 9.71. The van der Waals surface area contributed by atoms with E-state index >= 15 is 0 Å². The molecule has 3 fully saturated rings. The van der Waals surface area contributed by atoms with E-state index in [0.717, 1.165) is 52.8 Å². The predicted molar refractivity (Wildman–Crippen MR) is 124 cm³/mol. The number of piperidine rings is 3. The van der Waals surface area contributed by atoms with Crippen molar-refractivity contribution in [1.29, 1.82) is 0 Å². The normalized spacial score (nSPS) is 28.4. The molecule has 3 aliphatic rings. The summed E-state index contributed by atoms with van der Waals surface area (Å²) < 4.78 is 6.38. The van der Waals surface area contributed by atoms with E-state index in [-0.39, 0.29) is 6.04 Å². The summed E-state index contributed by atoms with van der Waals surface area (Å²) in [7, 11) is 1.68. The molecule has 160 valence electrons. The average molecular weight is 416 g/mol. The van der Waals surface area contributed by atoms with Crippen LogP contribution in [-0.2, 0) is 6.54 Å². The van der Waals surface area contributed by atoms with Gasteiger partial charge in [-0.1, -0.05) is 36.4 Å². The Kier molecular flexibility index (Phi) is 5.28. The van der Waals surface area contributed by atoms with Crippen LogP contribution in [0.25, 0.3) is 10.9 Å². The number of nitrogens with zero attached hydrogens (tertiary/aromatic N) is 2. The van der Waals surface area contributed by atoms with Crippen molar-refractivity contribution in [3.63, 3.8) is 0 Å². The van der Waals surface area contributed by atoms with Gasteiger partial charge in [0.15, 0.2) is 0 Å². The third-order valence-electron chi connectivity index (χ3n) is 7.68. The molecule has 0 amide bonds. The van der Waals surface area contributed by atoms with Gasteiger partial charge in [0.2, 0.25) is 0 Å². The molecule has 3 aliphatic heterocycles. The molecule has 0 saturated carbocycles. The van der Waals surface area contributed by atoms with Gasteiger partial charge >= 0.3 is 0 Å². The quantitative estimate of drug-likeness (QED) is 0.460. The van der Waals surface area contributed by atoms with Crippen LogP contribution in [-0.4, -0.2) is 40.8 Å². The molecule has 0 spiro atoms. The summed E-state index contributed by atoms with van der Waals surface area (Å²) >= 11 is 0. The summed E-state index contributed by atoms with van der Waals surface area (Å²) in [6.07, 6.45) is 5.65. The lowest BCUT2D eigenvalue weighted by Gasteiger charge is -2.58. The zero-order valence-corrected chi connectivity index (χ0v) is 18.2. The van der Waals surface area contributed by atoms with Gasteiger partial charge in [0.05, 0.1) is 25.7 Å². The van der Waals surface area contributed by atoms with Crippen LogP contribution >= 0.6 is 0 Å². The standard InChI is InChI=1S/C27H31N2O2/c1-3-20-18-29(17-19-7-5-4-6-8-19)14-12-21(20)15-26(29)27(30)23-11-13-28-25-10-9-22(31-2)16-24(23)25/h3-11,13,16,20-21,26-27,30H,1,12,14-15,17-18H2,2H3/q+1/t20-,21?,26-,27+,29?/m0/s1. The molecule has 4 heterocycles. The molecule has 1 N–H and O–H groups in total. The third-order valence-corrected chi connectivity index (χ3v) is 7.68. The highest BCUT2D eigenvalue weighted by atomic mass is 16.5. The average Bonchev–Trinajstić information content (AvgIpc) is 2.83. The number of pyridine rings is 1. The monoisotopic (exact) mass is 415 g/mol.